The van der Waals surface area contributed by atoms with Crippen molar-refractivity contribution in [2.24, 2.45) is 5.92 Å². The zero-order valence-electron chi connectivity index (χ0n) is 12.3. The van der Waals surface area contributed by atoms with Crippen LogP contribution in [0.3, 0.4) is 0 Å². The second-order valence-corrected chi connectivity index (χ2v) is 6.54. The fourth-order valence-corrected chi connectivity index (χ4v) is 3.75. The predicted molar refractivity (Wildman–Crippen MR) is 83.7 cm³/mol. The molecule has 2 heterocycles. The first-order valence-corrected chi connectivity index (χ1v) is 8.28. The summed E-state index contributed by atoms with van der Waals surface area (Å²) in [5.41, 5.74) is 0.579. The molecule has 2 saturated heterocycles. The number of carbonyl (C=O) groups is 1. The zero-order valence-corrected chi connectivity index (χ0v) is 13.0. The van der Waals surface area contributed by atoms with Crippen molar-refractivity contribution in [3.8, 4) is 0 Å². The van der Waals surface area contributed by atoms with E-state index in [1.807, 2.05) is 0 Å². The maximum Gasteiger partial charge on any atom is 0.338 e. The molecule has 0 saturated carbocycles. The Balaban J connectivity index is 1.56. The summed E-state index contributed by atoms with van der Waals surface area (Å²) >= 11 is 5.83. The van der Waals surface area contributed by atoms with Crippen molar-refractivity contribution in [1.82, 2.24) is 4.90 Å². The lowest BCUT2D eigenvalue weighted by molar-refractivity contribution is 0.00739. The molecule has 1 aromatic carbocycles. The van der Waals surface area contributed by atoms with E-state index in [1.165, 1.54) is 45.2 Å². The zero-order chi connectivity index (χ0) is 14.7. The first-order valence-electron chi connectivity index (χ1n) is 7.91. The summed E-state index contributed by atoms with van der Waals surface area (Å²) in [5, 5.41) is 0.636. The van der Waals surface area contributed by atoms with Gasteiger partial charge in [-0.3, -0.25) is 4.90 Å². The van der Waals surface area contributed by atoms with Crippen LogP contribution in [0.25, 0.3) is 0 Å². The van der Waals surface area contributed by atoms with E-state index in [0.29, 0.717) is 29.2 Å². The summed E-state index contributed by atoms with van der Waals surface area (Å²) in [6, 6.07) is 7.51. The van der Waals surface area contributed by atoms with Gasteiger partial charge < -0.3 is 4.74 Å². The quantitative estimate of drug-likeness (QED) is 0.796. The summed E-state index contributed by atoms with van der Waals surface area (Å²) in [5.74, 6) is 0.259. The van der Waals surface area contributed by atoms with Crippen LogP contribution < -0.4 is 0 Å². The second kappa shape index (κ2) is 6.80. The molecular formula is C17H22ClNO2. The highest BCUT2D eigenvalue weighted by Gasteiger charge is 2.33. The van der Waals surface area contributed by atoms with Crippen molar-refractivity contribution in [2.75, 3.05) is 19.7 Å². The molecule has 2 atom stereocenters. The molecule has 2 fully saturated rings. The summed E-state index contributed by atoms with van der Waals surface area (Å²) in [6.07, 6.45) is 6.27. The van der Waals surface area contributed by atoms with Gasteiger partial charge in [-0.2, -0.15) is 0 Å². The Morgan fingerprint density at radius 1 is 1.14 bits per heavy atom. The van der Waals surface area contributed by atoms with E-state index in [1.54, 1.807) is 24.3 Å². The van der Waals surface area contributed by atoms with Gasteiger partial charge in [0.05, 0.1) is 12.2 Å². The lowest BCUT2D eigenvalue weighted by atomic mass is 9.84. The number of esters is 1. The number of nitrogens with zero attached hydrogens (tertiary/aromatic N) is 1. The second-order valence-electron chi connectivity index (χ2n) is 6.11. The van der Waals surface area contributed by atoms with Crippen molar-refractivity contribution < 1.29 is 9.53 Å². The van der Waals surface area contributed by atoms with Crippen LogP contribution in [0.5, 0.6) is 0 Å². The predicted octanol–water partition coefficient (Wildman–Crippen LogP) is 3.76. The van der Waals surface area contributed by atoms with Gasteiger partial charge in [-0.05, 0) is 63.0 Å². The van der Waals surface area contributed by atoms with E-state index >= 15 is 0 Å². The molecule has 2 aliphatic heterocycles. The fourth-order valence-electron chi connectivity index (χ4n) is 3.62. The molecule has 3 nitrogen and oxygen atoms in total. The van der Waals surface area contributed by atoms with Gasteiger partial charge in [0.25, 0.3) is 0 Å². The minimum absolute atomic E-state index is 0.236. The highest BCUT2D eigenvalue weighted by molar-refractivity contribution is 6.30. The first-order chi connectivity index (χ1) is 10.2. The van der Waals surface area contributed by atoms with Crippen LogP contribution in [0.1, 0.15) is 42.5 Å². The molecule has 3 rings (SSSR count). The summed E-state index contributed by atoms with van der Waals surface area (Å²) in [6.45, 7) is 2.97. The molecule has 21 heavy (non-hydrogen) atoms. The Kier molecular flexibility index (Phi) is 4.81. The van der Waals surface area contributed by atoms with Gasteiger partial charge in [0, 0.05) is 17.0 Å². The molecule has 0 radical (unpaired) electrons. The average molecular weight is 308 g/mol. The van der Waals surface area contributed by atoms with E-state index < -0.39 is 0 Å². The topological polar surface area (TPSA) is 29.5 Å². The van der Waals surface area contributed by atoms with Gasteiger partial charge >= 0.3 is 5.97 Å². The number of benzene rings is 1. The van der Waals surface area contributed by atoms with Crippen molar-refractivity contribution in [1.29, 1.82) is 0 Å². The molecule has 0 aliphatic carbocycles. The number of rotatable bonds is 3. The largest absolute Gasteiger partial charge is 0.462 e. The molecule has 0 N–H and O–H groups in total. The third kappa shape index (κ3) is 3.58. The summed E-state index contributed by atoms with van der Waals surface area (Å²) < 4.78 is 5.55. The Labute approximate surface area is 131 Å². The Morgan fingerprint density at radius 2 is 1.90 bits per heavy atom. The minimum Gasteiger partial charge on any atom is -0.462 e. The van der Waals surface area contributed by atoms with Gasteiger partial charge in [0.15, 0.2) is 0 Å². The van der Waals surface area contributed by atoms with Crippen LogP contribution in [0.2, 0.25) is 5.02 Å². The number of halogens is 1. The maximum atomic E-state index is 12.1. The van der Waals surface area contributed by atoms with E-state index in [-0.39, 0.29) is 5.97 Å². The molecule has 2 aliphatic rings. The van der Waals surface area contributed by atoms with Gasteiger partial charge in [0.2, 0.25) is 0 Å². The molecule has 0 bridgehead atoms. The van der Waals surface area contributed by atoms with Crippen molar-refractivity contribution in [2.45, 2.75) is 38.1 Å². The molecular weight excluding hydrogens is 286 g/mol. The number of fused-ring (bicyclic) bond motifs is 1. The van der Waals surface area contributed by atoms with Gasteiger partial charge in [-0.15, -0.1) is 0 Å². The van der Waals surface area contributed by atoms with Gasteiger partial charge in [0.1, 0.15) is 0 Å². The van der Waals surface area contributed by atoms with Crippen LogP contribution in [-0.4, -0.2) is 36.6 Å². The lowest BCUT2D eigenvalue weighted by Crippen LogP contribution is -2.49. The monoisotopic (exact) mass is 307 g/mol. The van der Waals surface area contributed by atoms with Gasteiger partial charge in [-0.1, -0.05) is 18.0 Å². The SMILES string of the molecule is O=C(OC[C@H]1CCCN2CCCC[C@H]12)c1ccc(Cl)cc1. The first kappa shape index (κ1) is 14.9. The van der Waals surface area contributed by atoms with Crippen LogP contribution >= 0.6 is 11.6 Å². The normalized spacial score (nSPS) is 26.1. The molecule has 0 amide bonds. The maximum absolute atomic E-state index is 12.1. The molecule has 114 valence electrons. The van der Waals surface area contributed by atoms with Crippen molar-refractivity contribution in [3.63, 3.8) is 0 Å². The molecule has 0 unspecified atom stereocenters. The Morgan fingerprint density at radius 3 is 2.71 bits per heavy atom. The van der Waals surface area contributed by atoms with Crippen LogP contribution in [0.4, 0.5) is 0 Å². The standard InChI is InChI=1S/C17H22ClNO2/c18-15-8-6-13(7-9-15)17(20)21-12-14-4-3-11-19-10-2-1-5-16(14)19/h6-9,14,16H,1-5,10-12H2/t14-,16-/m1/s1. The number of carbonyl (C=O) groups excluding carboxylic acids is 1. The number of hydrogen-bond donors (Lipinski definition) is 0. The van der Waals surface area contributed by atoms with Crippen LogP contribution in [0, 0.1) is 5.92 Å². The highest BCUT2D eigenvalue weighted by atomic mass is 35.5. The van der Waals surface area contributed by atoms with E-state index in [4.69, 9.17) is 16.3 Å². The summed E-state index contributed by atoms with van der Waals surface area (Å²) in [7, 11) is 0. The molecule has 0 spiro atoms. The van der Waals surface area contributed by atoms with E-state index in [2.05, 4.69) is 4.90 Å². The van der Waals surface area contributed by atoms with Crippen LogP contribution in [-0.2, 0) is 4.74 Å². The number of hydrogen-bond acceptors (Lipinski definition) is 3. The highest BCUT2D eigenvalue weighted by Crippen LogP contribution is 2.31. The van der Waals surface area contributed by atoms with Gasteiger partial charge in [-0.25, -0.2) is 4.79 Å². The van der Waals surface area contributed by atoms with E-state index in [9.17, 15) is 4.79 Å². The Hall–Kier alpha value is -1.06. The molecule has 1 aromatic rings. The minimum atomic E-state index is -0.236. The van der Waals surface area contributed by atoms with Crippen LogP contribution in [0.15, 0.2) is 24.3 Å². The smallest absolute Gasteiger partial charge is 0.338 e. The Bertz CT molecular complexity index is 486. The molecule has 4 heteroatoms. The van der Waals surface area contributed by atoms with Crippen molar-refractivity contribution in [3.05, 3.63) is 34.9 Å². The fraction of sp³-hybridized carbons (Fsp3) is 0.588. The average Bonchev–Trinajstić information content (AvgIpc) is 2.53. The van der Waals surface area contributed by atoms with Crippen molar-refractivity contribution >= 4 is 17.6 Å². The lowest BCUT2D eigenvalue weighted by Gasteiger charge is -2.44. The molecule has 0 aromatic heterocycles. The third-order valence-corrected chi connectivity index (χ3v) is 4.99. The van der Waals surface area contributed by atoms with E-state index in [0.717, 1.165) is 0 Å². The number of piperidine rings is 2. The third-order valence-electron chi connectivity index (χ3n) is 4.74. The number of ether oxygens (including phenoxy) is 1. The summed E-state index contributed by atoms with van der Waals surface area (Å²) in [4.78, 5) is 14.7.